The van der Waals surface area contributed by atoms with E-state index in [0.717, 1.165) is 16.7 Å². The van der Waals surface area contributed by atoms with Crippen LogP contribution in [0.2, 0.25) is 0 Å². The zero-order valence-electron chi connectivity index (χ0n) is 20.3. The maximum Gasteiger partial charge on any atom is 0.417 e. The number of likely N-dealkylation sites (tertiary alicyclic amines) is 1. The van der Waals surface area contributed by atoms with Crippen molar-refractivity contribution in [2.24, 2.45) is 5.92 Å². The van der Waals surface area contributed by atoms with Crippen LogP contribution in [0.4, 0.5) is 9.93 Å². The molecule has 3 heterocycles. The molecule has 0 N–H and O–H groups in total. The Morgan fingerprint density at radius 1 is 1.17 bits per heavy atom. The van der Waals surface area contributed by atoms with E-state index in [0.29, 0.717) is 22.7 Å². The maximum absolute atomic E-state index is 13.6. The number of imide groups is 1. The van der Waals surface area contributed by atoms with Crippen molar-refractivity contribution in [3.63, 3.8) is 0 Å². The minimum atomic E-state index is -0.744. The largest absolute Gasteiger partial charge is 0.473 e. The highest BCUT2D eigenvalue weighted by Gasteiger charge is 2.53. The summed E-state index contributed by atoms with van der Waals surface area (Å²) >= 11 is 1.34. The molecule has 1 fully saturated rings. The van der Waals surface area contributed by atoms with Gasteiger partial charge in [-0.3, -0.25) is 9.59 Å². The Morgan fingerprint density at radius 3 is 2.60 bits per heavy atom. The highest BCUT2D eigenvalue weighted by Crippen LogP contribution is 2.50. The van der Waals surface area contributed by atoms with Gasteiger partial charge in [0.2, 0.25) is 6.23 Å². The second kappa shape index (κ2) is 8.34. The number of benzene rings is 1. The number of hydrogen-bond donors (Lipinski definition) is 0. The fourth-order valence-electron chi connectivity index (χ4n) is 4.90. The standard InChI is InChI=1S/C26H27N3O5S/c1-14-15(2)23(29(21(14)30)24-27-10-11-35-24)33-13-19-18-12-16-8-6-7-9-17(16)20(18)28(22(19)31)25(32)34-26(3,4)5/h6-11,13,18,20,23H,12H2,1-5H3/b19-13+. The first-order chi connectivity index (χ1) is 16.6. The van der Waals surface area contributed by atoms with Crippen LogP contribution in [0.3, 0.4) is 0 Å². The van der Waals surface area contributed by atoms with Gasteiger partial charge in [-0.15, -0.1) is 11.3 Å². The van der Waals surface area contributed by atoms with Crippen molar-refractivity contribution in [1.82, 2.24) is 9.88 Å². The third-order valence-corrected chi connectivity index (χ3v) is 7.38. The molecular weight excluding hydrogens is 466 g/mol. The Morgan fingerprint density at radius 2 is 1.91 bits per heavy atom. The molecule has 8 nitrogen and oxygen atoms in total. The molecule has 1 saturated heterocycles. The SMILES string of the molecule is CC1=C(C)C(O/C=C2/C(=O)N(C(=O)OC(C)(C)C)C3c4ccccc4CC23)N(c2nccs2)C1=O. The second-order valence-electron chi connectivity index (χ2n) is 9.97. The van der Waals surface area contributed by atoms with Crippen LogP contribution in [0.5, 0.6) is 0 Å². The molecule has 0 spiro atoms. The first-order valence-corrected chi connectivity index (χ1v) is 12.4. The number of ether oxygens (including phenoxy) is 2. The molecule has 1 aromatic carbocycles. The van der Waals surface area contributed by atoms with Crippen molar-refractivity contribution in [3.8, 4) is 0 Å². The molecule has 3 aliphatic rings. The Labute approximate surface area is 207 Å². The van der Waals surface area contributed by atoms with Crippen molar-refractivity contribution in [2.45, 2.75) is 58.9 Å². The number of carbonyl (C=O) groups is 3. The molecule has 9 heteroatoms. The number of nitrogens with zero attached hydrogens (tertiary/aromatic N) is 3. The van der Waals surface area contributed by atoms with Crippen molar-refractivity contribution in [1.29, 1.82) is 0 Å². The maximum atomic E-state index is 13.6. The van der Waals surface area contributed by atoms with E-state index < -0.39 is 29.9 Å². The number of fused-ring (bicyclic) bond motifs is 3. The van der Waals surface area contributed by atoms with E-state index in [2.05, 4.69) is 4.98 Å². The number of amides is 3. The van der Waals surface area contributed by atoms with Crippen LogP contribution in [-0.4, -0.2) is 39.6 Å². The lowest BCUT2D eigenvalue weighted by atomic mass is 9.97. The number of rotatable bonds is 3. The van der Waals surface area contributed by atoms with Gasteiger partial charge < -0.3 is 9.47 Å². The van der Waals surface area contributed by atoms with E-state index in [9.17, 15) is 14.4 Å². The lowest BCUT2D eigenvalue weighted by Crippen LogP contribution is -2.39. The number of thiazole rings is 1. The van der Waals surface area contributed by atoms with Gasteiger partial charge in [-0.2, -0.15) is 0 Å². The second-order valence-corrected chi connectivity index (χ2v) is 10.8. The van der Waals surface area contributed by atoms with Gasteiger partial charge >= 0.3 is 6.09 Å². The molecule has 3 unspecified atom stereocenters. The van der Waals surface area contributed by atoms with Gasteiger partial charge in [-0.1, -0.05) is 24.3 Å². The van der Waals surface area contributed by atoms with E-state index in [1.165, 1.54) is 27.4 Å². The lowest BCUT2D eigenvalue weighted by molar-refractivity contribution is -0.125. The molecule has 1 aliphatic carbocycles. The van der Waals surface area contributed by atoms with Crippen LogP contribution >= 0.6 is 11.3 Å². The molecule has 5 rings (SSSR count). The summed E-state index contributed by atoms with van der Waals surface area (Å²) in [5, 5.41) is 2.31. The van der Waals surface area contributed by atoms with Crippen molar-refractivity contribution in [3.05, 3.63) is 70.0 Å². The minimum Gasteiger partial charge on any atom is -0.473 e. The topological polar surface area (TPSA) is 89.0 Å². The lowest BCUT2D eigenvalue weighted by Gasteiger charge is -2.27. The molecule has 0 radical (unpaired) electrons. The summed E-state index contributed by atoms with van der Waals surface area (Å²) in [4.78, 5) is 46.5. The third-order valence-electron chi connectivity index (χ3n) is 6.61. The van der Waals surface area contributed by atoms with Crippen molar-refractivity contribution >= 4 is 34.4 Å². The fraction of sp³-hybridized carbons (Fsp3) is 0.385. The van der Waals surface area contributed by atoms with Crippen LogP contribution in [-0.2, 0) is 25.5 Å². The van der Waals surface area contributed by atoms with E-state index in [4.69, 9.17) is 9.47 Å². The average molecular weight is 494 g/mol. The first kappa shape index (κ1) is 23.3. The van der Waals surface area contributed by atoms with E-state index in [1.807, 2.05) is 31.2 Å². The quantitative estimate of drug-likeness (QED) is 0.453. The van der Waals surface area contributed by atoms with Crippen LogP contribution in [0.15, 0.2) is 58.8 Å². The predicted octanol–water partition coefficient (Wildman–Crippen LogP) is 4.74. The molecule has 1 aromatic heterocycles. The van der Waals surface area contributed by atoms with Crippen LogP contribution < -0.4 is 4.90 Å². The van der Waals surface area contributed by atoms with Crippen LogP contribution in [0.1, 0.15) is 51.8 Å². The highest BCUT2D eigenvalue weighted by molar-refractivity contribution is 7.13. The summed E-state index contributed by atoms with van der Waals surface area (Å²) in [7, 11) is 0. The molecule has 182 valence electrons. The Kier molecular flexibility index (Phi) is 5.55. The normalized spacial score (nSPS) is 24.9. The molecule has 3 amide bonds. The molecule has 2 aliphatic heterocycles. The number of hydrogen-bond acceptors (Lipinski definition) is 7. The zero-order chi connectivity index (χ0) is 25.1. The predicted molar refractivity (Wildman–Crippen MR) is 130 cm³/mol. The highest BCUT2D eigenvalue weighted by atomic mass is 32.1. The first-order valence-electron chi connectivity index (χ1n) is 11.5. The molecule has 2 aromatic rings. The van der Waals surface area contributed by atoms with Gasteiger partial charge in [0.15, 0.2) is 5.13 Å². The van der Waals surface area contributed by atoms with Crippen LogP contribution in [0.25, 0.3) is 0 Å². The number of carbonyl (C=O) groups excluding carboxylic acids is 3. The summed E-state index contributed by atoms with van der Waals surface area (Å²) in [6, 6.07) is 7.36. The average Bonchev–Trinajstić information content (AvgIpc) is 3.53. The van der Waals surface area contributed by atoms with Crippen molar-refractivity contribution in [2.75, 3.05) is 4.90 Å². The van der Waals surface area contributed by atoms with Gasteiger partial charge in [0.1, 0.15) is 5.60 Å². The monoisotopic (exact) mass is 493 g/mol. The van der Waals surface area contributed by atoms with Gasteiger partial charge in [0.05, 0.1) is 17.9 Å². The van der Waals surface area contributed by atoms with Gasteiger partial charge in [-0.05, 0) is 57.7 Å². The molecule has 35 heavy (non-hydrogen) atoms. The fourth-order valence-corrected chi connectivity index (χ4v) is 5.56. The third kappa shape index (κ3) is 3.83. The van der Waals surface area contributed by atoms with E-state index >= 15 is 0 Å². The zero-order valence-corrected chi connectivity index (χ0v) is 21.1. The van der Waals surface area contributed by atoms with Crippen LogP contribution in [0, 0.1) is 5.92 Å². The summed E-state index contributed by atoms with van der Waals surface area (Å²) in [6.07, 6.45) is 2.27. The van der Waals surface area contributed by atoms with Gasteiger partial charge in [0.25, 0.3) is 11.8 Å². The van der Waals surface area contributed by atoms with Crippen molar-refractivity contribution < 1.29 is 23.9 Å². The Balaban J connectivity index is 1.50. The molecule has 0 bridgehead atoms. The number of anilines is 1. The molecule has 0 saturated carbocycles. The summed E-state index contributed by atoms with van der Waals surface area (Å²) < 4.78 is 11.7. The minimum absolute atomic E-state index is 0.180. The van der Waals surface area contributed by atoms with Gasteiger partial charge in [-0.25, -0.2) is 19.6 Å². The van der Waals surface area contributed by atoms with Gasteiger partial charge in [0, 0.05) is 23.1 Å². The van der Waals surface area contributed by atoms with E-state index in [1.54, 1.807) is 39.3 Å². The number of aromatic nitrogens is 1. The summed E-state index contributed by atoms with van der Waals surface area (Å²) in [6.45, 7) is 8.90. The Hall–Kier alpha value is -3.46. The molecule has 3 atom stereocenters. The summed E-state index contributed by atoms with van der Waals surface area (Å²) in [5.41, 5.74) is 3.01. The Bertz CT molecular complexity index is 1270. The smallest absolute Gasteiger partial charge is 0.417 e. The molecular formula is C26H27N3O5S. The summed E-state index contributed by atoms with van der Waals surface area (Å²) in [5.74, 6) is -0.879. The van der Waals surface area contributed by atoms with E-state index in [-0.39, 0.29) is 11.8 Å².